The predicted molar refractivity (Wildman–Crippen MR) is 78.3 cm³/mol. The lowest BCUT2D eigenvalue weighted by atomic mass is 9.92. The van der Waals surface area contributed by atoms with Crippen molar-refractivity contribution >= 4 is 6.08 Å². The molecule has 1 aromatic carbocycles. The minimum atomic E-state index is -1.71. The first-order valence-electron chi connectivity index (χ1n) is 6.25. The second kappa shape index (κ2) is 5.96. The molecule has 0 nitrogen and oxygen atoms in total. The zero-order chi connectivity index (χ0) is 14.6. The van der Waals surface area contributed by atoms with Crippen LogP contribution in [0.15, 0.2) is 43.0 Å². The van der Waals surface area contributed by atoms with Gasteiger partial charge >= 0.3 is 0 Å². The highest BCUT2D eigenvalue weighted by Gasteiger charge is 2.25. The largest absolute Gasteiger partial charge is 0.239 e. The summed E-state index contributed by atoms with van der Waals surface area (Å²) >= 11 is 0. The highest BCUT2D eigenvalue weighted by Crippen LogP contribution is 2.31. The van der Waals surface area contributed by atoms with Gasteiger partial charge < -0.3 is 0 Å². The fourth-order valence-corrected chi connectivity index (χ4v) is 2.01. The Morgan fingerprint density at radius 1 is 1.37 bits per heavy atom. The van der Waals surface area contributed by atoms with Gasteiger partial charge in [-0.3, -0.25) is 0 Å². The first-order valence-corrected chi connectivity index (χ1v) is 6.25. The van der Waals surface area contributed by atoms with E-state index in [9.17, 15) is 8.78 Å². The SMILES string of the molecule is C=Cc1c(CC(=C)/C=C\C)ccc(C(C)(C)F)c1F. The second-order valence-electron chi connectivity index (χ2n) is 5.01. The maximum absolute atomic E-state index is 14.3. The number of hydrogen-bond acceptors (Lipinski definition) is 0. The molecule has 0 aromatic heterocycles. The Labute approximate surface area is 114 Å². The molecule has 0 saturated carbocycles. The highest BCUT2D eigenvalue weighted by molar-refractivity contribution is 5.56. The summed E-state index contributed by atoms with van der Waals surface area (Å²) in [7, 11) is 0. The molecular weight excluding hydrogens is 242 g/mol. The van der Waals surface area contributed by atoms with Crippen molar-refractivity contribution in [2.75, 3.05) is 0 Å². The average Bonchev–Trinajstić information content (AvgIpc) is 2.27. The fourth-order valence-electron chi connectivity index (χ4n) is 2.01. The van der Waals surface area contributed by atoms with E-state index in [4.69, 9.17) is 0 Å². The van der Waals surface area contributed by atoms with Crippen LogP contribution in [0, 0.1) is 5.82 Å². The van der Waals surface area contributed by atoms with Crippen molar-refractivity contribution in [3.63, 3.8) is 0 Å². The van der Waals surface area contributed by atoms with Crippen LogP contribution in [-0.2, 0) is 12.1 Å². The summed E-state index contributed by atoms with van der Waals surface area (Å²) in [6.07, 6.45) is 5.71. The molecule has 0 atom stereocenters. The van der Waals surface area contributed by atoms with E-state index in [0.717, 1.165) is 11.1 Å². The van der Waals surface area contributed by atoms with Gasteiger partial charge in [0.25, 0.3) is 0 Å². The van der Waals surface area contributed by atoms with Gasteiger partial charge in [-0.15, -0.1) is 0 Å². The molecule has 0 saturated heterocycles. The van der Waals surface area contributed by atoms with E-state index in [2.05, 4.69) is 13.2 Å². The van der Waals surface area contributed by atoms with Crippen molar-refractivity contribution < 1.29 is 8.78 Å². The van der Waals surface area contributed by atoms with E-state index in [1.165, 1.54) is 26.0 Å². The zero-order valence-electron chi connectivity index (χ0n) is 11.8. The molecule has 0 heterocycles. The van der Waals surface area contributed by atoms with Crippen LogP contribution in [0.2, 0.25) is 0 Å². The number of benzene rings is 1. The van der Waals surface area contributed by atoms with Crippen molar-refractivity contribution in [3.05, 3.63) is 65.5 Å². The monoisotopic (exact) mass is 262 g/mol. The molecule has 19 heavy (non-hydrogen) atoms. The molecule has 102 valence electrons. The Morgan fingerprint density at radius 3 is 2.47 bits per heavy atom. The van der Waals surface area contributed by atoms with Crippen LogP contribution in [0.25, 0.3) is 6.08 Å². The van der Waals surface area contributed by atoms with E-state index in [0.29, 0.717) is 12.0 Å². The van der Waals surface area contributed by atoms with Gasteiger partial charge in [-0.05, 0) is 32.8 Å². The van der Waals surface area contributed by atoms with Crippen molar-refractivity contribution in [2.24, 2.45) is 0 Å². The number of allylic oxidation sites excluding steroid dienone is 3. The minimum Gasteiger partial charge on any atom is -0.239 e. The lowest BCUT2D eigenvalue weighted by Gasteiger charge is -2.18. The van der Waals surface area contributed by atoms with Gasteiger partial charge in [0.15, 0.2) is 0 Å². The summed E-state index contributed by atoms with van der Waals surface area (Å²) in [5.41, 5.74) is 0.346. The Morgan fingerprint density at radius 2 is 2.00 bits per heavy atom. The topological polar surface area (TPSA) is 0 Å². The predicted octanol–water partition coefficient (Wildman–Crippen LogP) is 5.35. The van der Waals surface area contributed by atoms with Gasteiger partial charge in [-0.1, -0.05) is 49.1 Å². The van der Waals surface area contributed by atoms with Crippen LogP contribution in [0.1, 0.15) is 37.5 Å². The summed E-state index contributed by atoms with van der Waals surface area (Å²) < 4.78 is 28.2. The number of hydrogen-bond donors (Lipinski definition) is 0. The molecule has 0 bridgehead atoms. The third-order valence-corrected chi connectivity index (χ3v) is 2.93. The van der Waals surface area contributed by atoms with Crippen LogP contribution in [0.4, 0.5) is 8.78 Å². The highest BCUT2D eigenvalue weighted by atomic mass is 19.1. The van der Waals surface area contributed by atoms with Crippen LogP contribution < -0.4 is 0 Å². The van der Waals surface area contributed by atoms with Gasteiger partial charge in [-0.2, -0.15) is 0 Å². The van der Waals surface area contributed by atoms with Gasteiger partial charge in [0.05, 0.1) is 0 Å². The molecule has 0 aliphatic heterocycles. The molecular formula is C17H20F2. The van der Waals surface area contributed by atoms with Gasteiger partial charge in [0, 0.05) is 11.1 Å². The molecule has 1 rings (SSSR count). The van der Waals surface area contributed by atoms with Crippen LogP contribution in [-0.4, -0.2) is 0 Å². The molecule has 0 spiro atoms. The maximum atomic E-state index is 14.3. The zero-order valence-corrected chi connectivity index (χ0v) is 11.8. The maximum Gasteiger partial charge on any atom is 0.137 e. The van der Waals surface area contributed by atoms with Gasteiger partial charge in [0.1, 0.15) is 11.5 Å². The van der Waals surface area contributed by atoms with Crippen LogP contribution in [0.5, 0.6) is 0 Å². The standard InChI is InChI=1S/C17H20F2/c1-6-8-12(3)11-13-9-10-15(17(4,5)19)16(18)14(13)7-2/h6-10H,2-3,11H2,1,4-5H3/b8-6-. The Kier molecular flexibility index (Phi) is 4.82. The number of rotatable bonds is 5. The first-order chi connectivity index (χ1) is 8.81. The molecule has 0 radical (unpaired) electrons. The molecule has 0 N–H and O–H groups in total. The third-order valence-electron chi connectivity index (χ3n) is 2.93. The van der Waals surface area contributed by atoms with Crippen LogP contribution >= 0.6 is 0 Å². The number of alkyl halides is 1. The first kappa shape index (κ1) is 15.4. The van der Waals surface area contributed by atoms with Gasteiger partial charge in [-0.25, -0.2) is 8.78 Å². The normalized spacial score (nSPS) is 11.8. The molecule has 0 fully saturated rings. The molecule has 0 aliphatic carbocycles. The summed E-state index contributed by atoms with van der Waals surface area (Å²) in [6.45, 7) is 12.1. The Hall–Kier alpha value is -1.70. The smallest absolute Gasteiger partial charge is 0.137 e. The van der Waals surface area contributed by atoms with Crippen LogP contribution in [0.3, 0.4) is 0 Å². The molecule has 0 aliphatic rings. The quantitative estimate of drug-likeness (QED) is 0.628. The lowest BCUT2D eigenvalue weighted by molar-refractivity contribution is 0.213. The molecule has 0 unspecified atom stereocenters. The summed E-state index contributed by atoms with van der Waals surface area (Å²) in [4.78, 5) is 0. The molecule has 2 heteroatoms. The van der Waals surface area contributed by atoms with E-state index in [-0.39, 0.29) is 5.56 Å². The van der Waals surface area contributed by atoms with Gasteiger partial charge in [0.2, 0.25) is 0 Å². The van der Waals surface area contributed by atoms with E-state index >= 15 is 0 Å². The van der Waals surface area contributed by atoms with Crippen molar-refractivity contribution in [2.45, 2.75) is 32.9 Å². The van der Waals surface area contributed by atoms with E-state index in [1.807, 2.05) is 19.1 Å². The summed E-state index contributed by atoms with van der Waals surface area (Å²) in [5, 5.41) is 0. The summed E-state index contributed by atoms with van der Waals surface area (Å²) in [5.74, 6) is -0.534. The number of halogens is 2. The molecule has 0 amide bonds. The summed E-state index contributed by atoms with van der Waals surface area (Å²) in [6, 6.07) is 3.24. The third kappa shape index (κ3) is 3.63. The second-order valence-corrected chi connectivity index (χ2v) is 5.01. The van der Waals surface area contributed by atoms with Crippen molar-refractivity contribution in [1.29, 1.82) is 0 Å². The Bertz CT molecular complexity index is 517. The lowest BCUT2D eigenvalue weighted by Crippen LogP contribution is -2.13. The van der Waals surface area contributed by atoms with E-state index < -0.39 is 11.5 Å². The molecule has 1 aromatic rings. The van der Waals surface area contributed by atoms with E-state index in [1.54, 1.807) is 6.07 Å². The van der Waals surface area contributed by atoms with Crippen molar-refractivity contribution in [1.82, 2.24) is 0 Å². The minimum absolute atomic E-state index is 0.0581. The van der Waals surface area contributed by atoms with Crippen molar-refractivity contribution in [3.8, 4) is 0 Å². The fraction of sp³-hybridized carbons (Fsp3) is 0.294. The Balaban J connectivity index is 3.27. The average molecular weight is 262 g/mol.